The summed E-state index contributed by atoms with van der Waals surface area (Å²) in [7, 11) is 0. The molecule has 2 nitrogen and oxygen atoms in total. The zero-order valence-corrected chi connectivity index (χ0v) is 12.9. The highest BCUT2D eigenvalue weighted by molar-refractivity contribution is 6.02. The predicted octanol–water partition coefficient (Wildman–Crippen LogP) is 4.37. The number of hydrogen-bond acceptors (Lipinski definition) is 2. The normalized spacial score (nSPS) is 36.9. The Kier molecular flexibility index (Phi) is 2.92. The average Bonchev–Trinajstić information content (AvgIpc) is 2.35. The Bertz CT molecular complexity index is 534. The second-order valence-electron chi connectivity index (χ2n) is 8.06. The van der Waals surface area contributed by atoms with Crippen molar-refractivity contribution in [3.05, 3.63) is 29.3 Å². The molecule has 2 N–H and O–H groups in total. The Balaban J connectivity index is 1.60. The molecule has 0 unspecified atom stereocenters. The van der Waals surface area contributed by atoms with Gasteiger partial charge in [-0.15, -0.1) is 0 Å². The van der Waals surface area contributed by atoms with E-state index in [0.29, 0.717) is 11.1 Å². The molecule has 4 fully saturated rings. The summed E-state index contributed by atoms with van der Waals surface area (Å²) >= 11 is 0. The lowest BCUT2D eigenvalue weighted by Crippen LogP contribution is -2.46. The van der Waals surface area contributed by atoms with Crippen molar-refractivity contribution in [1.82, 2.24) is 0 Å². The van der Waals surface area contributed by atoms with Crippen LogP contribution >= 0.6 is 0 Å². The zero-order valence-electron chi connectivity index (χ0n) is 12.9. The van der Waals surface area contributed by atoms with Crippen LogP contribution in [-0.4, -0.2) is 5.78 Å². The highest BCUT2D eigenvalue weighted by Gasteiger charge is 2.51. The zero-order chi connectivity index (χ0) is 14.6. The van der Waals surface area contributed by atoms with Crippen LogP contribution in [0.25, 0.3) is 0 Å². The lowest BCUT2D eigenvalue weighted by Gasteiger charge is -2.56. The largest absolute Gasteiger partial charge is 0.398 e. The molecule has 0 spiro atoms. The van der Waals surface area contributed by atoms with Gasteiger partial charge in [0.25, 0.3) is 0 Å². The van der Waals surface area contributed by atoms with Crippen LogP contribution < -0.4 is 5.73 Å². The van der Waals surface area contributed by atoms with Crippen molar-refractivity contribution in [1.29, 1.82) is 0 Å². The first-order valence-electron chi connectivity index (χ1n) is 8.43. The quantitative estimate of drug-likeness (QED) is 0.661. The molecule has 112 valence electrons. The summed E-state index contributed by atoms with van der Waals surface area (Å²) in [6.07, 6.45) is 8.88. The second kappa shape index (κ2) is 4.59. The van der Waals surface area contributed by atoms with Gasteiger partial charge >= 0.3 is 0 Å². The van der Waals surface area contributed by atoms with E-state index in [1.165, 1.54) is 38.5 Å². The Morgan fingerprint density at radius 3 is 2.24 bits per heavy atom. The van der Waals surface area contributed by atoms with Gasteiger partial charge in [-0.1, -0.05) is 12.1 Å². The minimum Gasteiger partial charge on any atom is -0.398 e. The number of carbonyl (C=O) groups excluding carboxylic acids is 1. The Morgan fingerprint density at radius 2 is 1.71 bits per heavy atom. The van der Waals surface area contributed by atoms with Crippen LogP contribution in [0.4, 0.5) is 5.69 Å². The first kappa shape index (κ1) is 13.4. The number of rotatable bonds is 3. The molecule has 0 saturated heterocycles. The molecule has 0 heterocycles. The molecular formula is C19H25NO. The van der Waals surface area contributed by atoms with Gasteiger partial charge in [0.05, 0.1) is 0 Å². The number of nitrogen functional groups attached to an aromatic ring is 1. The molecule has 4 aliphatic rings. The van der Waals surface area contributed by atoms with Gasteiger partial charge < -0.3 is 5.73 Å². The van der Waals surface area contributed by atoms with Crippen molar-refractivity contribution in [2.45, 2.75) is 51.9 Å². The van der Waals surface area contributed by atoms with E-state index in [1.54, 1.807) is 0 Å². The predicted molar refractivity (Wildman–Crippen MR) is 85.1 cm³/mol. The monoisotopic (exact) mass is 283 g/mol. The van der Waals surface area contributed by atoms with Crippen molar-refractivity contribution < 1.29 is 4.79 Å². The van der Waals surface area contributed by atoms with Gasteiger partial charge in [-0.05, 0) is 80.2 Å². The van der Waals surface area contributed by atoms with E-state index in [2.05, 4.69) is 0 Å². The minimum atomic E-state index is 0.285. The molecule has 0 atom stereocenters. The lowest BCUT2D eigenvalue weighted by atomic mass is 9.48. The molecule has 2 heteroatoms. The van der Waals surface area contributed by atoms with E-state index in [9.17, 15) is 4.79 Å². The number of aryl methyl sites for hydroxylation is 1. The Hall–Kier alpha value is -1.31. The van der Waals surface area contributed by atoms with Gasteiger partial charge in [0.15, 0.2) is 5.78 Å². The fourth-order valence-corrected chi connectivity index (χ4v) is 6.01. The summed E-state index contributed by atoms with van der Waals surface area (Å²) in [5.41, 5.74) is 8.85. The van der Waals surface area contributed by atoms with Crippen LogP contribution in [0, 0.1) is 30.1 Å². The molecule has 21 heavy (non-hydrogen) atoms. The van der Waals surface area contributed by atoms with Crippen molar-refractivity contribution in [2.75, 3.05) is 5.73 Å². The maximum atomic E-state index is 12.9. The number of hydrogen-bond donors (Lipinski definition) is 1. The molecule has 0 aliphatic heterocycles. The van der Waals surface area contributed by atoms with Gasteiger partial charge in [-0.2, -0.15) is 0 Å². The first-order chi connectivity index (χ1) is 10.0. The van der Waals surface area contributed by atoms with Crippen LogP contribution in [0.5, 0.6) is 0 Å². The molecule has 4 bridgehead atoms. The summed E-state index contributed by atoms with van der Waals surface area (Å²) in [6, 6.07) is 5.80. The molecule has 0 radical (unpaired) electrons. The smallest absolute Gasteiger partial charge is 0.165 e. The lowest BCUT2D eigenvalue weighted by molar-refractivity contribution is -0.0524. The molecule has 1 aromatic rings. The van der Waals surface area contributed by atoms with Crippen LogP contribution in [0.3, 0.4) is 0 Å². The third kappa shape index (κ3) is 2.20. The van der Waals surface area contributed by atoms with Gasteiger partial charge in [-0.25, -0.2) is 0 Å². The standard InChI is InChI=1S/C19H25NO/c1-12-3-2-4-16(20)18(12)17(21)11-19-8-13-5-14(9-19)7-15(6-13)10-19/h2-4,13-15H,5-11,20H2,1H3. The van der Waals surface area contributed by atoms with Crippen LogP contribution in [0.1, 0.15) is 60.9 Å². The third-order valence-corrected chi connectivity index (χ3v) is 6.28. The Morgan fingerprint density at radius 1 is 1.14 bits per heavy atom. The van der Waals surface area contributed by atoms with Crippen LogP contribution in [-0.2, 0) is 0 Å². The topological polar surface area (TPSA) is 43.1 Å². The maximum absolute atomic E-state index is 12.9. The molecule has 4 aliphatic carbocycles. The summed E-state index contributed by atoms with van der Waals surface area (Å²) in [4.78, 5) is 12.9. The van der Waals surface area contributed by atoms with E-state index in [-0.39, 0.29) is 5.78 Å². The Labute approximate surface area is 127 Å². The number of benzene rings is 1. The van der Waals surface area contributed by atoms with E-state index < -0.39 is 0 Å². The van der Waals surface area contributed by atoms with Crippen molar-refractivity contribution in [3.63, 3.8) is 0 Å². The van der Waals surface area contributed by atoms with Gasteiger partial charge in [0.2, 0.25) is 0 Å². The maximum Gasteiger partial charge on any atom is 0.165 e. The van der Waals surface area contributed by atoms with Crippen molar-refractivity contribution in [2.24, 2.45) is 23.2 Å². The fourth-order valence-electron chi connectivity index (χ4n) is 6.01. The minimum absolute atomic E-state index is 0.285. The summed E-state index contributed by atoms with van der Waals surface area (Å²) in [5.74, 6) is 2.99. The first-order valence-corrected chi connectivity index (χ1v) is 8.43. The number of ketones is 1. The molecule has 1 aromatic carbocycles. The summed E-state index contributed by atoms with van der Waals surface area (Å²) in [6.45, 7) is 2.00. The molecular weight excluding hydrogens is 258 g/mol. The third-order valence-electron chi connectivity index (χ3n) is 6.28. The number of carbonyl (C=O) groups is 1. The molecule has 0 amide bonds. The van der Waals surface area contributed by atoms with Gasteiger partial charge in [-0.3, -0.25) is 4.79 Å². The van der Waals surface area contributed by atoms with E-state index in [1.807, 2.05) is 25.1 Å². The highest BCUT2D eigenvalue weighted by atomic mass is 16.1. The number of Topliss-reactive ketones (excluding diaryl/α,β-unsaturated/α-hetero) is 1. The number of anilines is 1. The van der Waals surface area contributed by atoms with Gasteiger partial charge in [0, 0.05) is 17.7 Å². The number of nitrogens with two attached hydrogens (primary N) is 1. The second-order valence-corrected chi connectivity index (χ2v) is 8.06. The fraction of sp³-hybridized carbons (Fsp3) is 0.632. The average molecular weight is 283 g/mol. The molecule has 4 saturated carbocycles. The van der Waals surface area contributed by atoms with Crippen molar-refractivity contribution >= 4 is 11.5 Å². The highest BCUT2D eigenvalue weighted by Crippen LogP contribution is 2.61. The van der Waals surface area contributed by atoms with E-state index in [0.717, 1.165) is 35.3 Å². The van der Waals surface area contributed by atoms with E-state index in [4.69, 9.17) is 5.73 Å². The van der Waals surface area contributed by atoms with Gasteiger partial charge in [0.1, 0.15) is 0 Å². The van der Waals surface area contributed by atoms with Crippen LogP contribution in [0.15, 0.2) is 18.2 Å². The van der Waals surface area contributed by atoms with E-state index >= 15 is 0 Å². The molecule has 5 rings (SSSR count). The summed E-state index contributed by atoms with van der Waals surface area (Å²) < 4.78 is 0. The van der Waals surface area contributed by atoms with Crippen molar-refractivity contribution in [3.8, 4) is 0 Å². The van der Waals surface area contributed by atoms with Crippen LogP contribution in [0.2, 0.25) is 0 Å². The molecule has 0 aromatic heterocycles. The summed E-state index contributed by atoms with van der Waals surface area (Å²) in [5, 5.41) is 0. The SMILES string of the molecule is Cc1cccc(N)c1C(=O)CC12CC3CC(CC(C3)C1)C2.